The van der Waals surface area contributed by atoms with Gasteiger partial charge in [0.15, 0.2) is 5.82 Å². The van der Waals surface area contributed by atoms with Crippen molar-refractivity contribution in [1.82, 2.24) is 9.97 Å². The molecule has 0 unspecified atom stereocenters. The normalized spacial score (nSPS) is 12.5. The second kappa shape index (κ2) is 4.90. The molecule has 0 saturated carbocycles. The van der Waals surface area contributed by atoms with Crippen molar-refractivity contribution in [3.05, 3.63) is 41.7 Å². The molecule has 2 rings (SSSR count). The van der Waals surface area contributed by atoms with Crippen LogP contribution in [0.15, 0.2) is 30.5 Å². The summed E-state index contributed by atoms with van der Waals surface area (Å²) in [5.41, 5.74) is -2.86. The maximum atomic E-state index is 12.6. The number of rotatable bonds is 1. The van der Waals surface area contributed by atoms with Crippen LogP contribution in [0.25, 0.3) is 11.4 Å². The van der Waals surface area contributed by atoms with Gasteiger partial charge in [-0.2, -0.15) is 26.3 Å². The van der Waals surface area contributed by atoms with E-state index in [4.69, 9.17) is 0 Å². The van der Waals surface area contributed by atoms with Crippen molar-refractivity contribution < 1.29 is 31.4 Å². The van der Waals surface area contributed by atoms with Gasteiger partial charge in [0, 0.05) is 11.8 Å². The van der Waals surface area contributed by atoms with Crippen LogP contribution in [-0.2, 0) is 12.4 Å². The lowest BCUT2D eigenvalue weighted by atomic mass is 10.1. The van der Waals surface area contributed by atoms with Gasteiger partial charge in [-0.25, -0.2) is 9.97 Å². The second-order valence-electron chi connectivity index (χ2n) is 4.03. The van der Waals surface area contributed by atoms with E-state index in [9.17, 15) is 31.4 Å². The molecule has 21 heavy (non-hydrogen) atoms. The number of alkyl halides is 6. The largest absolute Gasteiger partial charge is 0.508 e. The lowest BCUT2D eigenvalue weighted by Gasteiger charge is -2.10. The number of hydrogen-bond acceptors (Lipinski definition) is 3. The highest BCUT2D eigenvalue weighted by atomic mass is 19.4. The molecule has 0 fully saturated rings. The molecule has 1 heterocycles. The van der Waals surface area contributed by atoms with Crippen LogP contribution in [0.4, 0.5) is 26.3 Å². The molecule has 0 atom stereocenters. The molecule has 2 aromatic rings. The highest BCUT2D eigenvalue weighted by Gasteiger charge is 2.34. The fourth-order valence-electron chi connectivity index (χ4n) is 1.56. The molecular formula is C12H6F6N2O. The number of phenols is 1. The maximum Gasteiger partial charge on any atom is 0.433 e. The molecule has 1 aromatic heterocycles. The summed E-state index contributed by atoms with van der Waals surface area (Å²) in [7, 11) is 0. The van der Waals surface area contributed by atoms with E-state index in [1.165, 1.54) is 0 Å². The summed E-state index contributed by atoms with van der Waals surface area (Å²) in [5, 5.41) is 9.27. The van der Waals surface area contributed by atoms with Crippen molar-refractivity contribution in [2.24, 2.45) is 0 Å². The van der Waals surface area contributed by atoms with Crippen LogP contribution in [0, 0.1) is 0 Å². The summed E-state index contributed by atoms with van der Waals surface area (Å²) in [6, 6.07) is 2.47. The quantitative estimate of drug-likeness (QED) is 0.813. The van der Waals surface area contributed by atoms with Gasteiger partial charge in [-0.3, -0.25) is 0 Å². The minimum atomic E-state index is -4.75. The average Bonchev–Trinajstić information content (AvgIpc) is 2.36. The lowest BCUT2D eigenvalue weighted by Crippen LogP contribution is -2.09. The summed E-state index contributed by atoms with van der Waals surface area (Å²) < 4.78 is 75.3. The highest BCUT2D eigenvalue weighted by Crippen LogP contribution is 2.35. The number of benzene rings is 1. The number of halogens is 6. The molecule has 0 spiro atoms. The van der Waals surface area contributed by atoms with Crippen LogP contribution in [0.5, 0.6) is 5.75 Å². The molecule has 3 nitrogen and oxygen atoms in total. The monoisotopic (exact) mass is 308 g/mol. The number of hydrogen-bond donors (Lipinski definition) is 1. The van der Waals surface area contributed by atoms with Gasteiger partial charge in [-0.15, -0.1) is 0 Å². The Labute approximate surface area is 113 Å². The van der Waals surface area contributed by atoms with Crippen LogP contribution in [0.1, 0.15) is 11.3 Å². The zero-order valence-electron chi connectivity index (χ0n) is 10.00. The molecule has 0 aliphatic heterocycles. The van der Waals surface area contributed by atoms with Gasteiger partial charge < -0.3 is 5.11 Å². The van der Waals surface area contributed by atoms with E-state index in [0.717, 1.165) is 12.3 Å². The van der Waals surface area contributed by atoms with Crippen LogP contribution < -0.4 is 0 Å². The molecule has 0 radical (unpaired) electrons. The number of nitrogens with zero attached hydrogens (tertiary/aromatic N) is 2. The van der Waals surface area contributed by atoms with Crippen molar-refractivity contribution in [3.8, 4) is 17.1 Å². The Balaban J connectivity index is 2.55. The Bertz CT molecular complexity index is 666. The molecule has 1 N–H and O–H groups in total. The van der Waals surface area contributed by atoms with Crippen LogP contribution in [-0.4, -0.2) is 15.1 Å². The fourth-order valence-corrected chi connectivity index (χ4v) is 1.56. The average molecular weight is 308 g/mol. The van der Waals surface area contributed by atoms with Gasteiger partial charge in [-0.1, -0.05) is 0 Å². The van der Waals surface area contributed by atoms with E-state index < -0.39 is 35.2 Å². The molecule has 0 amide bonds. The summed E-state index contributed by atoms with van der Waals surface area (Å²) in [6.07, 6.45) is -8.72. The van der Waals surface area contributed by atoms with Crippen LogP contribution >= 0.6 is 0 Å². The second-order valence-corrected chi connectivity index (χ2v) is 4.03. The number of aromatic nitrogens is 2. The third-order valence-corrected chi connectivity index (χ3v) is 2.45. The molecule has 9 heteroatoms. The van der Waals surface area contributed by atoms with E-state index in [2.05, 4.69) is 9.97 Å². The van der Waals surface area contributed by atoms with E-state index in [-0.39, 0.29) is 5.56 Å². The molecule has 0 saturated heterocycles. The first-order chi connectivity index (χ1) is 9.57. The summed E-state index contributed by atoms with van der Waals surface area (Å²) in [6.45, 7) is 0. The third-order valence-electron chi connectivity index (χ3n) is 2.45. The van der Waals surface area contributed by atoms with Crippen molar-refractivity contribution in [1.29, 1.82) is 0 Å². The Morgan fingerprint density at radius 3 is 2.14 bits per heavy atom. The third kappa shape index (κ3) is 3.41. The topological polar surface area (TPSA) is 46.0 Å². The minimum absolute atomic E-state index is 0.367. The molecule has 0 bridgehead atoms. The zero-order valence-corrected chi connectivity index (χ0v) is 10.00. The summed E-state index contributed by atoms with van der Waals surface area (Å²) in [4.78, 5) is 6.66. The molecule has 0 aliphatic carbocycles. The van der Waals surface area contributed by atoms with E-state index >= 15 is 0 Å². The first-order valence-electron chi connectivity index (χ1n) is 5.39. The lowest BCUT2D eigenvalue weighted by molar-refractivity contribution is -0.141. The Morgan fingerprint density at radius 1 is 0.905 bits per heavy atom. The number of phenolic OH excluding ortho intramolecular Hbond substituents is 1. The first kappa shape index (κ1) is 15.1. The predicted octanol–water partition coefficient (Wildman–Crippen LogP) is 3.89. The highest BCUT2D eigenvalue weighted by molar-refractivity contribution is 5.59. The van der Waals surface area contributed by atoms with Crippen molar-refractivity contribution in [2.45, 2.75) is 12.4 Å². The molecule has 112 valence electrons. The zero-order chi connectivity index (χ0) is 15.8. The van der Waals surface area contributed by atoms with E-state index in [1.807, 2.05) is 0 Å². The van der Waals surface area contributed by atoms with Crippen molar-refractivity contribution in [3.63, 3.8) is 0 Å². The predicted molar refractivity (Wildman–Crippen MR) is 59.1 cm³/mol. The molecule has 1 aromatic carbocycles. The minimum Gasteiger partial charge on any atom is -0.508 e. The summed E-state index contributed by atoms with van der Waals surface area (Å²) >= 11 is 0. The molecular weight excluding hydrogens is 302 g/mol. The van der Waals surface area contributed by atoms with Crippen LogP contribution in [0.2, 0.25) is 0 Å². The Kier molecular flexibility index (Phi) is 3.52. The smallest absolute Gasteiger partial charge is 0.433 e. The first-order valence-corrected chi connectivity index (χ1v) is 5.39. The van der Waals surface area contributed by atoms with Gasteiger partial charge in [0.05, 0.1) is 5.56 Å². The SMILES string of the molecule is Oc1cc(-c2nccc(C(F)(F)F)n2)cc(C(F)(F)F)c1. The standard InChI is InChI=1S/C12H6F6N2O/c13-11(14,15)7-3-6(4-8(21)5-7)10-19-2-1-9(20-10)12(16,17)18/h1-5,21H. The number of aromatic hydroxyl groups is 1. The summed E-state index contributed by atoms with van der Waals surface area (Å²) in [5.74, 6) is -1.31. The fraction of sp³-hybridized carbons (Fsp3) is 0.167. The van der Waals surface area contributed by atoms with Gasteiger partial charge in [0.1, 0.15) is 11.4 Å². The maximum absolute atomic E-state index is 12.6. The van der Waals surface area contributed by atoms with Crippen molar-refractivity contribution >= 4 is 0 Å². The van der Waals surface area contributed by atoms with Gasteiger partial charge >= 0.3 is 12.4 Å². The van der Waals surface area contributed by atoms with Crippen LogP contribution in [0.3, 0.4) is 0 Å². The van der Waals surface area contributed by atoms with Gasteiger partial charge in [0.25, 0.3) is 0 Å². The van der Waals surface area contributed by atoms with Gasteiger partial charge in [-0.05, 0) is 24.3 Å². The molecule has 0 aliphatic rings. The van der Waals surface area contributed by atoms with Crippen molar-refractivity contribution in [2.75, 3.05) is 0 Å². The Morgan fingerprint density at radius 2 is 1.57 bits per heavy atom. The Hall–Kier alpha value is -2.32. The van der Waals surface area contributed by atoms with Gasteiger partial charge in [0.2, 0.25) is 0 Å². The van der Waals surface area contributed by atoms with E-state index in [1.54, 1.807) is 0 Å². The van der Waals surface area contributed by atoms with E-state index in [0.29, 0.717) is 18.2 Å².